The lowest BCUT2D eigenvalue weighted by atomic mass is 10.0. The molecule has 0 heterocycles. The van der Waals surface area contributed by atoms with Crippen LogP contribution in [0.2, 0.25) is 0 Å². The molecule has 0 aliphatic rings. The minimum atomic E-state index is -4.96. The van der Waals surface area contributed by atoms with Gasteiger partial charge in [-0.15, -0.1) is 0 Å². The average Bonchev–Trinajstić information content (AvgIpc) is 0.903. The zero-order valence-corrected chi connectivity index (χ0v) is 70.0. The Kier molecular flexibility index (Phi) is 76.3. The Morgan fingerprint density at radius 2 is 0.442 bits per heavy atom. The molecular formula is C85H166O17P2. The van der Waals surface area contributed by atoms with Gasteiger partial charge in [-0.3, -0.25) is 37.3 Å². The standard InChI is InChI=1S/C85H166O17P2/c1-6-9-12-15-18-21-24-26-28-30-35-39-44-49-54-59-64-69-83(88)96-75-81(102-85(90)71-66-61-56-51-46-41-37-33-32-34-38-43-47-52-57-62-67-78(4)5)77-100-104(93,94)98-73-79(86)72-97-103(91,92)99-76-80(74-95-82(87)68-63-58-53-48-42-23-20-17-14-11-8-3)101-84(89)70-65-60-55-50-45-40-36-31-29-27-25-22-19-16-13-10-7-2/h78-81,86H,6-77H2,1-5H3,(H,91,92)(H,93,94)/t79-,80+,81+/m0/s1. The van der Waals surface area contributed by atoms with Crippen LogP contribution in [0.3, 0.4) is 0 Å². The molecule has 0 fully saturated rings. The first-order valence-corrected chi connectivity index (χ1v) is 47.1. The molecule has 0 aliphatic heterocycles. The molecule has 104 heavy (non-hydrogen) atoms. The number of aliphatic hydroxyl groups is 1. The van der Waals surface area contributed by atoms with Gasteiger partial charge in [0.15, 0.2) is 12.2 Å². The maximum atomic E-state index is 13.1. The fourth-order valence-electron chi connectivity index (χ4n) is 13.3. The van der Waals surface area contributed by atoms with E-state index in [9.17, 15) is 43.2 Å². The maximum absolute atomic E-state index is 13.1. The molecule has 0 aromatic heterocycles. The molecule has 0 aromatic carbocycles. The second kappa shape index (κ2) is 77.8. The van der Waals surface area contributed by atoms with Crippen molar-refractivity contribution in [3.05, 3.63) is 0 Å². The predicted octanol–water partition coefficient (Wildman–Crippen LogP) is 26.0. The molecule has 19 heteroatoms. The third-order valence-electron chi connectivity index (χ3n) is 20.0. The summed E-state index contributed by atoms with van der Waals surface area (Å²) >= 11 is 0. The van der Waals surface area contributed by atoms with Gasteiger partial charge in [0.05, 0.1) is 26.4 Å². The number of carbonyl (C=O) groups is 4. The molecule has 0 rings (SSSR count). The summed E-state index contributed by atoms with van der Waals surface area (Å²) in [4.78, 5) is 73.2. The number of hydrogen-bond acceptors (Lipinski definition) is 15. The van der Waals surface area contributed by atoms with Crippen molar-refractivity contribution < 1.29 is 80.2 Å². The molecule has 618 valence electrons. The Morgan fingerprint density at radius 1 is 0.260 bits per heavy atom. The third kappa shape index (κ3) is 78.2. The Hall–Kier alpha value is -1.94. The topological polar surface area (TPSA) is 237 Å². The van der Waals surface area contributed by atoms with Gasteiger partial charge in [0.25, 0.3) is 0 Å². The summed E-state index contributed by atoms with van der Waals surface area (Å²) in [7, 11) is -9.93. The molecule has 0 bridgehead atoms. The van der Waals surface area contributed by atoms with E-state index in [2.05, 4.69) is 34.6 Å². The van der Waals surface area contributed by atoms with Crippen molar-refractivity contribution in [1.29, 1.82) is 0 Å². The number of hydrogen-bond donors (Lipinski definition) is 3. The van der Waals surface area contributed by atoms with Crippen LogP contribution in [0.25, 0.3) is 0 Å². The zero-order valence-electron chi connectivity index (χ0n) is 68.2. The van der Waals surface area contributed by atoms with Crippen LogP contribution in [-0.4, -0.2) is 96.7 Å². The first kappa shape index (κ1) is 102. The molecule has 0 aliphatic carbocycles. The van der Waals surface area contributed by atoms with Crippen molar-refractivity contribution in [2.75, 3.05) is 39.6 Å². The molecule has 17 nitrogen and oxygen atoms in total. The highest BCUT2D eigenvalue weighted by molar-refractivity contribution is 7.47. The average molecular weight is 1520 g/mol. The van der Waals surface area contributed by atoms with Crippen molar-refractivity contribution in [3.63, 3.8) is 0 Å². The summed E-state index contributed by atoms with van der Waals surface area (Å²) in [6.45, 7) is 7.39. The van der Waals surface area contributed by atoms with Gasteiger partial charge in [-0.25, -0.2) is 9.13 Å². The van der Waals surface area contributed by atoms with Crippen LogP contribution in [-0.2, 0) is 65.4 Å². The van der Waals surface area contributed by atoms with Gasteiger partial charge in [-0.2, -0.15) is 0 Å². The van der Waals surface area contributed by atoms with E-state index in [1.807, 2.05) is 0 Å². The molecule has 5 atom stereocenters. The minimum absolute atomic E-state index is 0.109. The molecule has 3 N–H and O–H groups in total. The van der Waals surface area contributed by atoms with Gasteiger partial charge < -0.3 is 33.8 Å². The zero-order chi connectivity index (χ0) is 76.2. The largest absolute Gasteiger partial charge is 0.472 e. The lowest BCUT2D eigenvalue weighted by molar-refractivity contribution is -0.161. The van der Waals surface area contributed by atoms with Gasteiger partial charge in [0.2, 0.25) is 0 Å². The second-order valence-electron chi connectivity index (χ2n) is 31.1. The molecule has 0 amide bonds. The SMILES string of the molecule is CCCCCCCCCCCCCCCCCCCC(=O)OC[C@H](COP(=O)(O)OC[C@@H](O)COP(=O)(O)OC[C@@H](COC(=O)CCCCCCCCCCCCC)OC(=O)CCCCCCCCCCCCCCCCCCC)OC(=O)CCCCCCCCCCCCCCCCCCC(C)C. The van der Waals surface area contributed by atoms with Crippen molar-refractivity contribution in [2.45, 2.75) is 477 Å². The van der Waals surface area contributed by atoms with E-state index in [0.29, 0.717) is 25.7 Å². The first-order chi connectivity index (χ1) is 50.5. The van der Waals surface area contributed by atoms with E-state index in [-0.39, 0.29) is 25.7 Å². The smallest absolute Gasteiger partial charge is 0.462 e. The normalized spacial score (nSPS) is 13.8. The summed E-state index contributed by atoms with van der Waals surface area (Å²) in [5.41, 5.74) is 0. The fraction of sp³-hybridized carbons (Fsp3) is 0.953. The summed E-state index contributed by atoms with van der Waals surface area (Å²) in [6, 6.07) is 0. The lowest BCUT2D eigenvalue weighted by Gasteiger charge is -2.21. The van der Waals surface area contributed by atoms with Crippen LogP contribution in [0.1, 0.15) is 458 Å². The van der Waals surface area contributed by atoms with Crippen LogP contribution in [0.5, 0.6) is 0 Å². The van der Waals surface area contributed by atoms with Crippen LogP contribution >= 0.6 is 15.6 Å². The van der Waals surface area contributed by atoms with Crippen LogP contribution < -0.4 is 0 Å². The van der Waals surface area contributed by atoms with Gasteiger partial charge in [-0.05, 0) is 31.6 Å². The van der Waals surface area contributed by atoms with Crippen molar-refractivity contribution in [3.8, 4) is 0 Å². The van der Waals surface area contributed by atoms with Crippen LogP contribution in [0.4, 0.5) is 0 Å². The summed E-state index contributed by atoms with van der Waals surface area (Å²) in [6.07, 6.45) is 70.7. The number of phosphoric ester groups is 2. The Labute approximate surface area is 638 Å². The van der Waals surface area contributed by atoms with Crippen LogP contribution in [0.15, 0.2) is 0 Å². The predicted molar refractivity (Wildman–Crippen MR) is 428 cm³/mol. The maximum Gasteiger partial charge on any atom is 0.472 e. The van der Waals surface area contributed by atoms with E-state index >= 15 is 0 Å². The number of carbonyl (C=O) groups excluding carboxylic acids is 4. The van der Waals surface area contributed by atoms with Crippen LogP contribution in [0, 0.1) is 5.92 Å². The Bertz CT molecular complexity index is 1980. The molecule has 0 saturated carbocycles. The van der Waals surface area contributed by atoms with E-state index in [1.54, 1.807) is 0 Å². The molecule has 0 spiro atoms. The third-order valence-corrected chi connectivity index (χ3v) is 21.9. The van der Waals surface area contributed by atoms with E-state index in [1.165, 1.54) is 283 Å². The number of aliphatic hydroxyl groups excluding tert-OH is 1. The molecular weight excluding hydrogens is 1350 g/mol. The summed E-state index contributed by atoms with van der Waals surface area (Å²) in [5, 5.41) is 10.7. The number of ether oxygens (including phenoxy) is 4. The van der Waals surface area contributed by atoms with Gasteiger partial charge in [0.1, 0.15) is 19.3 Å². The minimum Gasteiger partial charge on any atom is -0.462 e. The summed E-state index contributed by atoms with van der Waals surface area (Å²) in [5.74, 6) is -1.29. The first-order valence-electron chi connectivity index (χ1n) is 44.1. The molecule has 0 radical (unpaired) electrons. The van der Waals surface area contributed by atoms with Gasteiger partial charge >= 0.3 is 39.5 Å². The van der Waals surface area contributed by atoms with E-state index < -0.39 is 97.5 Å². The number of rotatable bonds is 85. The molecule has 0 aromatic rings. The number of unbranched alkanes of at least 4 members (excludes halogenated alkanes) is 57. The highest BCUT2D eigenvalue weighted by Gasteiger charge is 2.30. The van der Waals surface area contributed by atoms with Gasteiger partial charge in [-0.1, -0.05) is 407 Å². The van der Waals surface area contributed by atoms with E-state index in [4.69, 9.17) is 37.0 Å². The van der Waals surface area contributed by atoms with E-state index in [0.717, 1.165) is 95.8 Å². The number of phosphoric acid groups is 2. The monoisotopic (exact) mass is 1520 g/mol. The molecule has 0 saturated heterocycles. The number of esters is 4. The van der Waals surface area contributed by atoms with Crippen molar-refractivity contribution in [1.82, 2.24) is 0 Å². The quantitative estimate of drug-likeness (QED) is 0.0222. The summed E-state index contributed by atoms with van der Waals surface area (Å²) < 4.78 is 68.9. The second-order valence-corrected chi connectivity index (χ2v) is 34.0. The van der Waals surface area contributed by atoms with Gasteiger partial charge in [0, 0.05) is 25.7 Å². The highest BCUT2D eigenvalue weighted by Crippen LogP contribution is 2.45. The Morgan fingerprint density at radius 3 is 0.654 bits per heavy atom. The fourth-order valence-corrected chi connectivity index (χ4v) is 14.9. The van der Waals surface area contributed by atoms with Crippen molar-refractivity contribution in [2.24, 2.45) is 5.92 Å². The Balaban J connectivity index is 5.24. The lowest BCUT2D eigenvalue weighted by Crippen LogP contribution is -2.30. The van der Waals surface area contributed by atoms with Crippen molar-refractivity contribution >= 4 is 39.5 Å². The molecule has 2 unspecified atom stereocenters. The highest BCUT2D eigenvalue weighted by atomic mass is 31.2.